The quantitative estimate of drug-likeness (QED) is 0.457. The standard InChI is InChI=1S/C24H34ClFN6/c1-16-13-18(11-9-10-12-30(6)7)14-19(26)20(16)21(22(25)27)23(32-28-15-29-32)31(8)17(2)24(3,4)5/h13-15,17,27H,10,12H2,1-8H3,(H,28,29)/b23-21-,27-22?/t17-/m1/s1. The number of halogens is 2. The molecule has 2 rings (SSSR count). The Morgan fingerprint density at radius 1 is 1.31 bits per heavy atom. The molecule has 1 heterocycles. The molecule has 0 aliphatic rings. The molecule has 2 aromatic rings. The Morgan fingerprint density at radius 3 is 2.38 bits per heavy atom. The van der Waals surface area contributed by atoms with E-state index >= 15 is 4.39 Å². The molecule has 1 aromatic heterocycles. The summed E-state index contributed by atoms with van der Waals surface area (Å²) < 4.78 is 15.4. The van der Waals surface area contributed by atoms with Crippen LogP contribution in [0.2, 0.25) is 0 Å². The van der Waals surface area contributed by atoms with E-state index in [0.717, 1.165) is 6.54 Å². The van der Waals surface area contributed by atoms with E-state index in [-0.39, 0.29) is 27.8 Å². The lowest BCUT2D eigenvalue weighted by molar-refractivity contribution is 0.188. The molecule has 32 heavy (non-hydrogen) atoms. The first-order valence-corrected chi connectivity index (χ1v) is 11.0. The van der Waals surface area contributed by atoms with Crippen LogP contribution >= 0.6 is 11.6 Å². The summed E-state index contributed by atoms with van der Waals surface area (Å²) >= 11 is 6.27. The number of nitrogens with zero attached hydrogens (tertiary/aromatic N) is 4. The van der Waals surface area contributed by atoms with Gasteiger partial charge in [-0.1, -0.05) is 44.2 Å². The van der Waals surface area contributed by atoms with Crippen LogP contribution in [-0.2, 0) is 0 Å². The van der Waals surface area contributed by atoms with Gasteiger partial charge in [0, 0.05) is 37.2 Å². The zero-order valence-electron chi connectivity index (χ0n) is 20.3. The minimum absolute atomic E-state index is 0.0475. The minimum atomic E-state index is -0.471. The van der Waals surface area contributed by atoms with E-state index in [1.54, 1.807) is 6.92 Å². The van der Waals surface area contributed by atoms with Crippen LogP contribution in [-0.4, -0.2) is 63.7 Å². The molecule has 0 fully saturated rings. The summed E-state index contributed by atoms with van der Waals surface area (Å²) in [6, 6.07) is 3.28. The van der Waals surface area contributed by atoms with E-state index in [1.165, 1.54) is 17.2 Å². The Balaban J connectivity index is 2.64. The summed E-state index contributed by atoms with van der Waals surface area (Å²) in [5.41, 5.74) is 1.72. The van der Waals surface area contributed by atoms with Crippen molar-refractivity contribution >= 4 is 28.2 Å². The number of H-pyrrole nitrogens is 1. The number of aryl methyl sites for hydroxylation is 1. The molecule has 0 saturated heterocycles. The van der Waals surface area contributed by atoms with Crippen molar-refractivity contribution in [1.29, 1.82) is 5.41 Å². The number of hydrogen-bond donors (Lipinski definition) is 2. The highest BCUT2D eigenvalue weighted by Gasteiger charge is 2.31. The molecule has 8 heteroatoms. The minimum Gasteiger partial charge on any atom is -0.354 e. The fourth-order valence-electron chi connectivity index (χ4n) is 3.32. The van der Waals surface area contributed by atoms with Gasteiger partial charge in [0.05, 0.1) is 5.57 Å². The first-order valence-electron chi connectivity index (χ1n) is 10.6. The maximum absolute atomic E-state index is 15.4. The van der Waals surface area contributed by atoms with E-state index in [4.69, 9.17) is 17.0 Å². The molecule has 0 saturated carbocycles. The van der Waals surface area contributed by atoms with Gasteiger partial charge in [0.2, 0.25) is 0 Å². The molecular formula is C24H34ClFN6. The van der Waals surface area contributed by atoms with E-state index < -0.39 is 5.82 Å². The van der Waals surface area contributed by atoms with E-state index in [0.29, 0.717) is 23.4 Å². The molecule has 0 spiro atoms. The fourth-order valence-corrected chi connectivity index (χ4v) is 3.50. The van der Waals surface area contributed by atoms with Gasteiger partial charge in [0.1, 0.15) is 17.3 Å². The molecule has 2 N–H and O–H groups in total. The first-order chi connectivity index (χ1) is 14.8. The highest BCUT2D eigenvalue weighted by Crippen LogP contribution is 2.34. The van der Waals surface area contributed by atoms with Gasteiger partial charge in [-0.15, -0.1) is 5.10 Å². The summed E-state index contributed by atoms with van der Waals surface area (Å²) in [5, 5.41) is 15.2. The van der Waals surface area contributed by atoms with Gasteiger partial charge in [-0.3, -0.25) is 10.5 Å². The molecule has 1 atom stereocenters. The lowest BCUT2D eigenvalue weighted by Gasteiger charge is -2.39. The van der Waals surface area contributed by atoms with Crippen LogP contribution in [0.15, 0.2) is 18.5 Å². The summed E-state index contributed by atoms with van der Waals surface area (Å²) in [5.74, 6) is 6.16. The van der Waals surface area contributed by atoms with Crippen molar-refractivity contribution in [2.75, 3.05) is 27.7 Å². The first kappa shape index (κ1) is 25.7. The number of hydrogen-bond acceptors (Lipinski definition) is 4. The van der Waals surface area contributed by atoms with Crippen molar-refractivity contribution in [3.63, 3.8) is 0 Å². The maximum Gasteiger partial charge on any atom is 0.160 e. The fraction of sp³-hybridized carbons (Fsp3) is 0.500. The van der Waals surface area contributed by atoms with Crippen molar-refractivity contribution in [2.45, 2.75) is 47.1 Å². The van der Waals surface area contributed by atoms with Crippen LogP contribution in [0.4, 0.5) is 4.39 Å². The Kier molecular flexibility index (Phi) is 8.33. The summed E-state index contributed by atoms with van der Waals surface area (Å²) in [6.07, 6.45) is 2.23. The lowest BCUT2D eigenvalue weighted by atomic mass is 9.87. The third-order valence-corrected chi connectivity index (χ3v) is 5.81. The highest BCUT2D eigenvalue weighted by molar-refractivity contribution is 6.76. The molecule has 0 unspecified atom stereocenters. The Labute approximate surface area is 195 Å². The average molecular weight is 461 g/mol. The van der Waals surface area contributed by atoms with Crippen LogP contribution in [0, 0.1) is 35.4 Å². The smallest absolute Gasteiger partial charge is 0.160 e. The molecule has 174 valence electrons. The van der Waals surface area contributed by atoms with Crippen LogP contribution in [0.5, 0.6) is 0 Å². The molecule has 0 aliphatic heterocycles. The molecule has 0 radical (unpaired) electrons. The predicted octanol–water partition coefficient (Wildman–Crippen LogP) is 4.87. The number of aromatic nitrogens is 3. The highest BCUT2D eigenvalue weighted by atomic mass is 35.5. The van der Waals surface area contributed by atoms with Gasteiger partial charge >= 0.3 is 0 Å². The topological polar surface area (TPSA) is 63.9 Å². The van der Waals surface area contributed by atoms with E-state index in [9.17, 15) is 0 Å². The normalized spacial score (nSPS) is 13.5. The summed E-state index contributed by atoms with van der Waals surface area (Å²) in [6.45, 7) is 11.1. The van der Waals surface area contributed by atoms with Crippen LogP contribution in [0.1, 0.15) is 50.8 Å². The second-order valence-electron chi connectivity index (χ2n) is 9.36. The number of allylic oxidation sites excluding steroid dienone is 1. The van der Waals surface area contributed by atoms with Crippen LogP contribution < -0.4 is 0 Å². The second kappa shape index (κ2) is 10.4. The van der Waals surface area contributed by atoms with Crippen LogP contribution in [0.25, 0.3) is 11.4 Å². The lowest BCUT2D eigenvalue weighted by Crippen LogP contribution is -2.41. The van der Waals surface area contributed by atoms with Gasteiger partial charge < -0.3 is 9.80 Å². The van der Waals surface area contributed by atoms with Crippen molar-refractivity contribution in [3.8, 4) is 11.8 Å². The molecule has 0 amide bonds. The SMILES string of the molecule is Cc1cc(C#CCCN(C)C)cc(F)c1/C(C(=N)Cl)=C(\N(C)[C@H](C)C(C)(C)C)n1nc[nH]1. The van der Waals surface area contributed by atoms with Gasteiger partial charge in [-0.05, 0) is 51.1 Å². The summed E-state index contributed by atoms with van der Waals surface area (Å²) in [4.78, 5) is 5.54. The van der Waals surface area contributed by atoms with E-state index in [1.807, 2.05) is 32.1 Å². The van der Waals surface area contributed by atoms with Gasteiger partial charge in [-0.25, -0.2) is 4.39 Å². The van der Waals surface area contributed by atoms with Gasteiger partial charge in [0.25, 0.3) is 0 Å². The number of benzene rings is 1. The molecule has 1 aromatic carbocycles. The van der Waals surface area contributed by atoms with Crippen molar-refractivity contribution < 1.29 is 4.39 Å². The van der Waals surface area contributed by atoms with Crippen molar-refractivity contribution in [1.82, 2.24) is 24.8 Å². The zero-order chi connectivity index (χ0) is 24.2. The third-order valence-electron chi connectivity index (χ3n) is 5.62. The molecule has 0 bridgehead atoms. The number of rotatable bonds is 7. The predicted molar refractivity (Wildman–Crippen MR) is 131 cm³/mol. The monoisotopic (exact) mass is 460 g/mol. The van der Waals surface area contributed by atoms with Gasteiger partial charge in [-0.2, -0.15) is 4.80 Å². The molecular weight excluding hydrogens is 427 g/mol. The van der Waals surface area contributed by atoms with Crippen molar-refractivity contribution in [2.24, 2.45) is 5.41 Å². The maximum atomic E-state index is 15.4. The Morgan fingerprint density at radius 2 is 1.94 bits per heavy atom. The van der Waals surface area contributed by atoms with Crippen LogP contribution in [0.3, 0.4) is 0 Å². The number of nitrogens with one attached hydrogen (secondary N) is 2. The van der Waals surface area contributed by atoms with Crippen molar-refractivity contribution in [3.05, 3.63) is 41.0 Å². The average Bonchev–Trinajstić information content (AvgIpc) is 2.62. The summed E-state index contributed by atoms with van der Waals surface area (Å²) in [7, 11) is 5.88. The largest absolute Gasteiger partial charge is 0.354 e. The van der Waals surface area contributed by atoms with Gasteiger partial charge in [0.15, 0.2) is 5.82 Å². The molecule has 6 nitrogen and oxygen atoms in total. The van der Waals surface area contributed by atoms with E-state index in [2.05, 4.69) is 54.6 Å². The molecule has 0 aliphatic carbocycles. The number of aromatic amines is 1. The second-order valence-corrected chi connectivity index (χ2v) is 9.73. The Bertz CT molecular complexity index is 1010. The Hall–Kier alpha value is -2.56. The zero-order valence-corrected chi connectivity index (χ0v) is 21.0. The third kappa shape index (κ3) is 6.02.